The molecule has 88 valence electrons. The van der Waals surface area contributed by atoms with Gasteiger partial charge in [0.2, 0.25) is 0 Å². The van der Waals surface area contributed by atoms with E-state index in [0.717, 1.165) is 0 Å². The van der Waals surface area contributed by atoms with E-state index in [2.05, 4.69) is 26.0 Å². The molecule has 0 radical (unpaired) electrons. The van der Waals surface area contributed by atoms with Crippen LogP contribution in [0, 0.1) is 0 Å². The first-order chi connectivity index (χ1) is 7.55. The summed E-state index contributed by atoms with van der Waals surface area (Å²) in [5, 5.41) is 1.21. The van der Waals surface area contributed by atoms with E-state index in [-0.39, 0.29) is 18.0 Å². The van der Waals surface area contributed by atoms with E-state index in [4.69, 9.17) is 21.3 Å². The van der Waals surface area contributed by atoms with Gasteiger partial charge in [-0.05, 0) is 26.1 Å². The fourth-order valence-corrected chi connectivity index (χ4v) is 5.58. The van der Waals surface area contributed by atoms with Gasteiger partial charge < -0.3 is 9.47 Å². The summed E-state index contributed by atoms with van der Waals surface area (Å²) >= 11 is 5.88. The highest BCUT2D eigenvalue weighted by Crippen LogP contribution is 2.58. The molecule has 1 aromatic rings. The lowest BCUT2D eigenvalue weighted by molar-refractivity contribution is -0.159. The minimum absolute atomic E-state index is 0.0867. The van der Waals surface area contributed by atoms with Crippen LogP contribution in [0.5, 0.6) is 0 Å². The van der Waals surface area contributed by atoms with Crippen LogP contribution in [-0.4, -0.2) is 18.0 Å². The summed E-state index contributed by atoms with van der Waals surface area (Å²) < 4.78 is 11.5. The Morgan fingerprint density at radius 1 is 1.00 bits per heavy atom. The van der Waals surface area contributed by atoms with Crippen molar-refractivity contribution in [2.45, 2.75) is 38.8 Å². The lowest BCUT2D eigenvalue weighted by Crippen LogP contribution is -2.37. The molecule has 0 saturated carbocycles. The highest BCUT2D eigenvalue weighted by atomic mass is 32.4. The van der Waals surface area contributed by atoms with Gasteiger partial charge in [0.15, 0.2) is 6.29 Å². The molecule has 0 spiro atoms. The maximum absolute atomic E-state index is 5.88. The fourth-order valence-electron chi connectivity index (χ4n) is 2.14. The molecule has 1 saturated heterocycles. The van der Waals surface area contributed by atoms with Crippen molar-refractivity contribution < 1.29 is 9.47 Å². The molecule has 2 unspecified atom stereocenters. The van der Waals surface area contributed by atoms with Gasteiger partial charge in [0.25, 0.3) is 0 Å². The zero-order valence-corrected chi connectivity index (χ0v) is 11.5. The van der Waals surface area contributed by atoms with E-state index in [1.165, 1.54) is 5.30 Å². The van der Waals surface area contributed by atoms with Gasteiger partial charge in [0.1, 0.15) is 0 Å². The molecule has 1 aromatic carbocycles. The summed E-state index contributed by atoms with van der Waals surface area (Å²) in [6.45, 7) is 6.07. The van der Waals surface area contributed by atoms with Crippen molar-refractivity contribution in [3.8, 4) is 0 Å². The van der Waals surface area contributed by atoms with Crippen LogP contribution in [-0.2, 0) is 21.3 Å². The van der Waals surface area contributed by atoms with Crippen molar-refractivity contribution in [3.05, 3.63) is 30.3 Å². The third-order valence-corrected chi connectivity index (χ3v) is 8.94. The zero-order valence-electron chi connectivity index (χ0n) is 9.79. The Balaban J connectivity index is 2.40. The van der Waals surface area contributed by atoms with Crippen molar-refractivity contribution in [3.63, 3.8) is 0 Å². The summed E-state index contributed by atoms with van der Waals surface area (Å²) in [6, 6.07) is 8.46. The van der Waals surface area contributed by atoms with Gasteiger partial charge in [0.05, 0.1) is 11.7 Å². The normalized spacial score (nSPS) is 39.6. The Hall–Kier alpha value is -0.210. The molecule has 2 atom stereocenters. The minimum atomic E-state index is -1.80. The summed E-state index contributed by atoms with van der Waals surface area (Å²) in [7, 11) is 0. The van der Waals surface area contributed by atoms with Gasteiger partial charge in [-0.3, -0.25) is 0 Å². The predicted octanol–water partition coefficient (Wildman–Crippen LogP) is 2.88. The lowest BCUT2D eigenvalue weighted by atomic mass is 10.4. The van der Waals surface area contributed by atoms with Gasteiger partial charge in [-0.2, -0.15) is 0 Å². The van der Waals surface area contributed by atoms with Crippen molar-refractivity contribution in [1.29, 1.82) is 0 Å². The summed E-state index contributed by atoms with van der Waals surface area (Å²) in [5.41, 5.74) is 0. The van der Waals surface area contributed by atoms with Gasteiger partial charge in [-0.25, -0.2) is 0 Å². The van der Waals surface area contributed by atoms with Gasteiger partial charge in [-0.1, -0.05) is 42.1 Å². The molecular formula is C12H17O2PS. The van der Waals surface area contributed by atoms with E-state index in [0.29, 0.717) is 0 Å². The smallest absolute Gasteiger partial charge is 0.156 e. The molecule has 1 heterocycles. The van der Waals surface area contributed by atoms with Crippen LogP contribution < -0.4 is 5.30 Å². The maximum atomic E-state index is 5.88. The van der Waals surface area contributed by atoms with Gasteiger partial charge in [0, 0.05) is 6.04 Å². The second-order valence-corrected chi connectivity index (χ2v) is 9.29. The topological polar surface area (TPSA) is 18.5 Å². The lowest BCUT2D eigenvalue weighted by Gasteiger charge is -2.41. The van der Waals surface area contributed by atoms with Crippen LogP contribution in [0.25, 0.3) is 0 Å². The molecule has 2 nitrogen and oxygen atoms in total. The molecule has 1 fully saturated rings. The average molecular weight is 256 g/mol. The van der Waals surface area contributed by atoms with Crippen molar-refractivity contribution in [2.75, 3.05) is 0 Å². The van der Waals surface area contributed by atoms with Crippen LogP contribution in [0.2, 0.25) is 0 Å². The molecule has 0 aliphatic carbocycles. The van der Waals surface area contributed by atoms with Crippen LogP contribution in [0.15, 0.2) is 30.3 Å². The number of rotatable bonds is 1. The van der Waals surface area contributed by atoms with E-state index in [1.807, 2.05) is 25.1 Å². The van der Waals surface area contributed by atoms with Gasteiger partial charge in [-0.15, -0.1) is 0 Å². The standard InChI is InChI=1S/C12H17O2PS/c1-9-13-10(2)15(16,11(3)14-9)12-7-5-4-6-8-12/h4-11H,1-3H3. The van der Waals surface area contributed by atoms with E-state index in [1.54, 1.807) is 0 Å². The zero-order chi connectivity index (χ0) is 11.8. The number of benzene rings is 1. The molecule has 0 amide bonds. The van der Waals surface area contributed by atoms with Crippen LogP contribution in [0.1, 0.15) is 20.8 Å². The first-order valence-corrected chi connectivity index (χ1v) is 8.45. The van der Waals surface area contributed by atoms with Gasteiger partial charge >= 0.3 is 0 Å². The predicted molar refractivity (Wildman–Crippen MR) is 70.9 cm³/mol. The van der Waals surface area contributed by atoms with Crippen molar-refractivity contribution >= 4 is 23.1 Å². The highest BCUT2D eigenvalue weighted by molar-refractivity contribution is 8.18. The number of hydrogen-bond donors (Lipinski definition) is 0. The number of ether oxygens (including phenoxy) is 2. The Labute approximate surface area is 102 Å². The van der Waals surface area contributed by atoms with Crippen LogP contribution in [0.3, 0.4) is 0 Å². The molecule has 0 aromatic heterocycles. The molecule has 0 bridgehead atoms. The summed E-state index contributed by atoms with van der Waals surface area (Å²) in [5.74, 6) is 0.173. The molecular weight excluding hydrogens is 239 g/mol. The minimum Gasteiger partial charge on any atom is -0.344 e. The molecule has 0 N–H and O–H groups in total. The van der Waals surface area contributed by atoms with Crippen LogP contribution in [0.4, 0.5) is 0 Å². The van der Waals surface area contributed by atoms with E-state index in [9.17, 15) is 0 Å². The monoisotopic (exact) mass is 256 g/mol. The quantitative estimate of drug-likeness (QED) is 0.720. The third-order valence-electron chi connectivity index (χ3n) is 3.02. The maximum Gasteiger partial charge on any atom is 0.156 e. The van der Waals surface area contributed by atoms with Crippen molar-refractivity contribution in [2.24, 2.45) is 0 Å². The SMILES string of the molecule is CC1OC(C)P(=S)(c2ccccc2)C(C)O1. The molecule has 16 heavy (non-hydrogen) atoms. The Kier molecular flexibility index (Phi) is 3.50. The summed E-state index contributed by atoms with van der Waals surface area (Å²) in [6.07, 6.45) is -0.148. The Bertz CT molecular complexity index is 391. The first-order valence-electron chi connectivity index (χ1n) is 5.51. The first kappa shape index (κ1) is 12.3. The molecule has 2 rings (SSSR count). The Morgan fingerprint density at radius 3 is 2.00 bits per heavy atom. The average Bonchev–Trinajstić information content (AvgIpc) is 2.27. The number of hydrogen-bond acceptors (Lipinski definition) is 3. The molecule has 1 aliphatic rings. The fraction of sp³-hybridized carbons (Fsp3) is 0.500. The van der Waals surface area contributed by atoms with E-state index < -0.39 is 6.04 Å². The summed E-state index contributed by atoms with van der Waals surface area (Å²) in [4.78, 5) is 0. The van der Waals surface area contributed by atoms with Crippen molar-refractivity contribution in [1.82, 2.24) is 0 Å². The second kappa shape index (κ2) is 4.58. The van der Waals surface area contributed by atoms with E-state index >= 15 is 0 Å². The second-order valence-electron chi connectivity index (χ2n) is 4.08. The third kappa shape index (κ3) is 1.98. The highest BCUT2D eigenvalue weighted by Gasteiger charge is 2.39. The molecule has 1 aliphatic heterocycles. The largest absolute Gasteiger partial charge is 0.344 e. The Morgan fingerprint density at radius 2 is 1.50 bits per heavy atom. The molecule has 4 heteroatoms. The van der Waals surface area contributed by atoms with Crippen LogP contribution >= 0.6 is 6.04 Å².